The molecule has 25 aromatic rings. The lowest BCUT2D eigenvalue weighted by molar-refractivity contribution is 0.661. The molecule has 0 saturated heterocycles. The van der Waals surface area contributed by atoms with Gasteiger partial charge in [0, 0.05) is 32.4 Å². The molecule has 124 heavy (non-hydrogen) atoms. The van der Waals surface area contributed by atoms with Gasteiger partial charge in [-0.1, -0.05) is 331 Å². The molecule has 0 aliphatic heterocycles. The number of rotatable bonds is 6. The first-order valence-corrected chi connectivity index (χ1v) is 43.4. The molecule has 0 atom stereocenters. The van der Waals surface area contributed by atoms with Gasteiger partial charge in [0.25, 0.3) is 0 Å². The van der Waals surface area contributed by atoms with Crippen molar-refractivity contribution in [1.29, 1.82) is 0 Å². The summed E-state index contributed by atoms with van der Waals surface area (Å²) in [5.41, 5.74) is 29.1. The van der Waals surface area contributed by atoms with Crippen LogP contribution in [0.1, 0.15) is 49.9 Å². The van der Waals surface area contributed by atoms with E-state index < -0.39 is 0 Å². The number of hydrogen-bond donors (Lipinski definition) is 0. The Morgan fingerprint density at radius 2 is 0.427 bits per heavy atom. The third-order valence-corrected chi connectivity index (χ3v) is 28.2. The van der Waals surface area contributed by atoms with Crippen molar-refractivity contribution in [2.75, 3.05) is 0 Å². The average Bonchev–Trinajstić information content (AvgIpc) is 1.03. The zero-order valence-electron chi connectivity index (χ0n) is 68.9. The fourth-order valence-electron chi connectivity index (χ4n) is 22.3. The quantitative estimate of drug-likeness (QED) is 0.123. The van der Waals surface area contributed by atoms with Crippen molar-refractivity contribution in [3.05, 3.63) is 423 Å². The molecule has 27 rings (SSSR count). The van der Waals surface area contributed by atoms with Crippen molar-refractivity contribution in [1.82, 2.24) is 0 Å². The molecule has 2 aliphatic rings. The Labute approximate surface area is 716 Å². The Bertz CT molecular complexity index is 8890. The summed E-state index contributed by atoms with van der Waals surface area (Å²) in [4.78, 5) is 0. The second kappa shape index (κ2) is 26.5. The first kappa shape index (κ1) is 70.4. The maximum Gasteiger partial charge on any atom is 0.135 e. The predicted molar refractivity (Wildman–Crippen MR) is 528 cm³/mol. The van der Waals surface area contributed by atoms with Gasteiger partial charge >= 0.3 is 0 Å². The number of benzene rings is 23. The van der Waals surface area contributed by atoms with E-state index >= 15 is 0 Å². The number of fused-ring (bicyclic) bond motifs is 26. The zero-order chi connectivity index (χ0) is 82.0. The maximum absolute atomic E-state index is 6.58. The molecule has 0 unspecified atom stereocenters. The third-order valence-electron chi connectivity index (χ3n) is 28.2. The topological polar surface area (TPSA) is 26.3 Å². The van der Waals surface area contributed by atoms with E-state index in [-0.39, 0.29) is 10.8 Å². The van der Waals surface area contributed by atoms with E-state index in [9.17, 15) is 0 Å². The fourth-order valence-corrected chi connectivity index (χ4v) is 22.3. The van der Waals surface area contributed by atoms with Gasteiger partial charge < -0.3 is 8.83 Å². The number of hydrogen-bond acceptors (Lipinski definition) is 2. The Balaban J connectivity index is 0.000000133. The van der Waals surface area contributed by atoms with Crippen LogP contribution in [0.4, 0.5) is 0 Å². The van der Waals surface area contributed by atoms with Crippen LogP contribution in [-0.2, 0) is 10.8 Å². The predicted octanol–water partition coefficient (Wildman–Crippen LogP) is 34.5. The minimum atomic E-state index is -0.0700. The van der Waals surface area contributed by atoms with Crippen LogP contribution in [0.2, 0.25) is 0 Å². The molecule has 2 heterocycles. The first-order chi connectivity index (χ1) is 61.0. The van der Waals surface area contributed by atoms with Crippen LogP contribution in [0.15, 0.2) is 409 Å². The van der Waals surface area contributed by atoms with Gasteiger partial charge in [-0.05, 0) is 327 Å². The van der Waals surface area contributed by atoms with E-state index in [1.807, 2.05) is 0 Å². The second-order valence-corrected chi connectivity index (χ2v) is 35.5. The Morgan fingerprint density at radius 3 is 0.855 bits per heavy atom. The van der Waals surface area contributed by atoms with Crippen molar-refractivity contribution in [3.8, 4) is 89.0 Å². The monoisotopic (exact) mass is 1570 g/mol. The van der Waals surface area contributed by atoms with Crippen LogP contribution in [0.25, 0.3) is 251 Å². The van der Waals surface area contributed by atoms with E-state index in [1.54, 1.807) is 0 Å². The Hall–Kier alpha value is -15.5. The summed E-state index contributed by atoms with van der Waals surface area (Å²) in [6, 6.07) is 149. The minimum Gasteiger partial charge on any atom is -0.456 e. The van der Waals surface area contributed by atoms with Crippen LogP contribution in [0.5, 0.6) is 0 Å². The third kappa shape index (κ3) is 10.4. The van der Waals surface area contributed by atoms with E-state index in [1.165, 1.54) is 230 Å². The van der Waals surface area contributed by atoms with E-state index in [0.29, 0.717) is 0 Å². The van der Waals surface area contributed by atoms with Gasteiger partial charge in [-0.2, -0.15) is 0 Å². The lowest BCUT2D eigenvalue weighted by atomic mass is 9.81. The van der Waals surface area contributed by atoms with E-state index in [0.717, 1.165) is 43.9 Å². The van der Waals surface area contributed by atoms with Gasteiger partial charge in [0.05, 0.1) is 0 Å². The average molecular weight is 1580 g/mol. The molecule has 0 radical (unpaired) electrons. The molecule has 0 N–H and O–H groups in total. The Kier molecular flexibility index (Phi) is 15.0. The van der Waals surface area contributed by atoms with E-state index in [2.05, 4.69) is 428 Å². The fraction of sp³-hybridized carbons (Fsp3) is 0.0492. The smallest absolute Gasteiger partial charge is 0.135 e. The highest BCUT2D eigenvalue weighted by atomic mass is 16.3. The molecular weight excluding hydrogens is 1500 g/mol. The summed E-state index contributed by atoms with van der Waals surface area (Å²) >= 11 is 0. The molecule has 2 heteroatoms. The van der Waals surface area contributed by atoms with Crippen LogP contribution in [0.3, 0.4) is 0 Å². The van der Waals surface area contributed by atoms with Crippen LogP contribution < -0.4 is 0 Å². The van der Waals surface area contributed by atoms with Crippen molar-refractivity contribution in [2.45, 2.75) is 38.5 Å². The molecule has 0 fully saturated rings. The molecule has 0 spiro atoms. The molecule has 2 nitrogen and oxygen atoms in total. The lowest BCUT2D eigenvalue weighted by Crippen LogP contribution is -2.14. The summed E-state index contributed by atoms with van der Waals surface area (Å²) in [6.45, 7) is 9.44. The lowest BCUT2D eigenvalue weighted by Gasteiger charge is -2.22. The zero-order valence-corrected chi connectivity index (χ0v) is 68.9. The standard InChI is InChI=1S/C63H40O.C59H38O/c1-63(2)56-28-25-40(32-51(56)52-31-38-14-3-4-15-39(38)36-57(52)63)41-26-29-58-53(33-41)54-34-43(27-30-59(54)64-58)61-47-19-9-11-21-49(47)62(50-22-12-10-20-48(50)61)55-35-42-24-23-37-13-5-6-16-44(37)60(42)46-18-8-7-17-45(46)55;1-59(2)53-26-23-37(30-48(53)49-29-35-13-3-4-14-36(35)34-54(49)59)38-24-27-55-50(31-38)51-33-40(25-28-56(51)60-55)57-44-19-9-11-21-46(44)58(47-22-12-10-20-45(47)57)52-32-39-15-5-6-16-41(39)42-17-7-8-18-43(42)52/h3-36H,1-2H3;3-34H,1-2H3. The SMILES string of the molecule is CC1(C)c2ccc(-c3ccc4oc5ccc(-c6c7ccccc7c(-c7cc8ccc9ccccc9c8c8ccccc78)c7ccccc67)cc5c4c3)cc2-c2cc3ccccc3cc21.CC1(C)c2ccc(-c3ccc4oc5ccc(-c6c7ccccc7c(-c7cc8ccccc8c8ccccc78)c7ccccc67)cc5c4c3)cc2-c2cc3ccccc3cc21. The van der Waals surface area contributed by atoms with Crippen molar-refractivity contribution < 1.29 is 8.83 Å². The van der Waals surface area contributed by atoms with Crippen molar-refractivity contribution in [3.63, 3.8) is 0 Å². The van der Waals surface area contributed by atoms with Crippen LogP contribution in [-0.4, -0.2) is 0 Å². The maximum atomic E-state index is 6.58. The summed E-state index contributed by atoms with van der Waals surface area (Å²) < 4.78 is 13.1. The molecule has 0 bridgehead atoms. The summed E-state index contributed by atoms with van der Waals surface area (Å²) in [6.07, 6.45) is 0. The molecule has 23 aromatic carbocycles. The molecule has 578 valence electrons. The summed E-state index contributed by atoms with van der Waals surface area (Å²) in [7, 11) is 0. The molecule has 0 amide bonds. The molecular formula is C122H78O2. The van der Waals surface area contributed by atoms with Gasteiger partial charge in [-0.25, -0.2) is 0 Å². The normalized spacial score (nSPS) is 13.3. The van der Waals surface area contributed by atoms with Crippen LogP contribution >= 0.6 is 0 Å². The van der Waals surface area contributed by atoms with Crippen LogP contribution in [0, 0.1) is 0 Å². The van der Waals surface area contributed by atoms with Crippen molar-refractivity contribution in [2.24, 2.45) is 0 Å². The second-order valence-electron chi connectivity index (χ2n) is 35.5. The number of furan rings is 2. The van der Waals surface area contributed by atoms with Gasteiger partial charge in [0.2, 0.25) is 0 Å². The van der Waals surface area contributed by atoms with Gasteiger partial charge in [-0.15, -0.1) is 0 Å². The summed E-state index contributed by atoms with van der Waals surface area (Å²) in [5.74, 6) is 0. The molecule has 2 aromatic heterocycles. The molecule has 2 aliphatic carbocycles. The molecule has 0 saturated carbocycles. The van der Waals surface area contributed by atoms with Crippen molar-refractivity contribution >= 4 is 162 Å². The largest absolute Gasteiger partial charge is 0.456 e. The first-order valence-electron chi connectivity index (χ1n) is 43.4. The highest BCUT2D eigenvalue weighted by Crippen LogP contribution is 2.56. The minimum absolute atomic E-state index is 0.0653. The van der Waals surface area contributed by atoms with Gasteiger partial charge in [-0.3, -0.25) is 0 Å². The summed E-state index contributed by atoms with van der Waals surface area (Å²) in [5, 5.41) is 32.4. The Morgan fingerprint density at radius 1 is 0.153 bits per heavy atom. The highest BCUT2D eigenvalue weighted by molar-refractivity contribution is 6.30. The van der Waals surface area contributed by atoms with E-state index in [4.69, 9.17) is 8.83 Å². The van der Waals surface area contributed by atoms with Gasteiger partial charge in [0.1, 0.15) is 22.3 Å². The van der Waals surface area contributed by atoms with Gasteiger partial charge in [0.15, 0.2) is 0 Å². The highest BCUT2D eigenvalue weighted by Gasteiger charge is 2.38.